The summed E-state index contributed by atoms with van der Waals surface area (Å²) in [6.07, 6.45) is 6.70. The third kappa shape index (κ3) is 4.79. The van der Waals surface area contributed by atoms with E-state index < -0.39 is 0 Å². The second-order valence-electron chi connectivity index (χ2n) is 5.34. The number of hydrogen-bond acceptors (Lipinski definition) is 2. The Morgan fingerprint density at radius 3 is 2.78 bits per heavy atom. The number of ether oxygens (including phenoxy) is 1. The van der Waals surface area contributed by atoms with Crippen molar-refractivity contribution in [3.63, 3.8) is 0 Å². The summed E-state index contributed by atoms with van der Waals surface area (Å²) in [7, 11) is 2.21. The molecule has 0 amide bonds. The lowest BCUT2D eigenvalue weighted by molar-refractivity contribution is -0.00151. The van der Waals surface area contributed by atoms with Gasteiger partial charge in [-0.2, -0.15) is 0 Å². The van der Waals surface area contributed by atoms with E-state index in [0.29, 0.717) is 6.10 Å². The maximum absolute atomic E-state index is 5.77. The normalized spacial score (nSPS) is 20.2. The molecule has 0 radical (unpaired) electrons. The molecule has 100 valence electrons. The average Bonchev–Trinajstić information content (AvgIpc) is 2.41. The summed E-state index contributed by atoms with van der Waals surface area (Å²) >= 11 is 0. The highest BCUT2D eigenvalue weighted by Gasteiger charge is 2.15. The van der Waals surface area contributed by atoms with E-state index in [1.54, 1.807) is 0 Å². The standard InChI is InChI=1S/C16H25NO/c1-17(14-16-11-5-6-13-18-16)12-7-10-15-8-3-2-4-9-15/h2-4,8-9,16H,5-7,10-14H2,1H3. The molecule has 2 rings (SSSR count). The fourth-order valence-corrected chi connectivity index (χ4v) is 2.59. The zero-order chi connectivity index (χ0) is 12.6. The third-order valence-corrected chi connectivity index (χ3v) is 3.64. The molecule has 0 spiro atoms. The van der Waals surface area contributed by atoms with Crippen LogP contribution in [0.3, 0.4) is 0 Å². The first-order valence-corrected chi connectivity index (χ1v) is 7.18. The van der Waals surface area contributed by atoms with Gasteiger partial charge in [0.1, 0.15) is 0 Å². The number of likely N-dealkylation sites (N-methyl/N-ethyl adjacent to an activating group) is 1. The lowest BCUT2D eigenvalue weighted by Gasteiger charge is -2.27. The van der Waals surface area contributed by atoms with Crippen molar-refractivity contribution in [1.29, 1.82) is 0 Å². The fraction of sp³-hybridized carbons (Fsp3) is 0.625. The van der Waals surface area contributed by atoms with Crippen molar-refractivity contribution in [2.24, 2.45) is 0 Å². The smallest absolute Gasteiger partial charge is 0.0701 e. The number of hydrogen-bond donors (Lipinski definition) is 0. The Labute approximate surface area is 111 Å². The molecule has 1 aliphatic heterocycles. The van der Waals surface area contributed by atoms with Crippen LogP contribution in [-0.2, 0) is 11.2 Å². The Kier molecular flexibility index (Phi) is 5.69. The van der Waals surface area contributed by atoms with Crippen LogP contribution in [-0.4, -0.2) is 37.7 Å². The van der Waals surface area contributed by atoms with E-state index in [-0.39, 0.29) is 0 Å². The molecular weight excluding hydrogens is 222 g/mol. The van der Waals surface area contributed by atoms with Crippen molar-refractivity contribution in [1.82, 2.24) is 4.90 Å². The van der Waals surface area contributed by atoms with Gasteiger partial charge in [0.2, 0.25) is 0 Å². The zero-order valence-electron chi connectivity index (χ0n) is 11.5. The summed E-state index contributed by atoms with van der Waals surface area (Å²) in [6, 6.07) is 10.7. The largest absolute Gasteiger partial charge is 0.377 e. The van der Waals surface area contributed by atoms with Gasteiger partial charge in [0.15, 0.2) is 0 Å². The molecule has 1 heterocycles. The predicted molar refractivity (Wildman–Crippen MR) is 75.9 cm³/mol. The van der Waals surface area contributed by atoms with Crippen LogP contribution in [0.2, 0.25) is 0 Å². The SMILES string of the molecule is CN(CCCc1ccccc1)CC1CCCCO1. The first-order chi connectivity index (χ1) is 8.84. The zero-order valence-corrected chi connectivity index (χ0v) is 11.5. The van der Waals surface area contributed by atoms with E-state index in [1.165, 1.54) is 37.7 Å². The summed E-state index contributed by atoms with van der Waals surface area (Å²) in [5.74, 6) is 0. The average molecular weight is 247 g/mol. The quantitative estimate of drug-likeness (QED) is 0.766. The minimum Gasteiger partial charge on any atom is -0.377 e. The van der Waals surface area contributed by atoms with Crippen molar-refractivity contribution >= 4 is 0 Å². The van der Waals surface area contributed by atoms with E-state index in [9.17, 15) is 0 Å². The minimum absolute atomic E-state index is 0.473. The van der Waals surface area contributed by atoms with Crippen LogP contribution >= 0.6 is 0 Å². The molecule has 0 aromatic heterocycles. The van der Waals surface area contributed by atoms with Crippen molar-refractivity contribution < 1.29 is 4.74 Å². The van der Waals surface area contributed by atoms with E-state index >= 15 is 0 Å². The van der Waals surface area contributed by atoms with E-state index in [4.69, 9.17) is 4.74 Å². The summed E-state index contributed by atoms with van der Waals surface area (Å²) in [5.41, 5.74) is 1.44. The highest BCUT2D eigenvalue weighted by atomic mass is 16.5. The van der Waals surface area contributed by atoms with Gasteiger partial charge in [-0.15, -0.1) is 0 Å². The van der Waals surface area contributed by atoms with Crippen LogP contribution in [0.1, 0.15) is 31.2 Å². The molecule has 2 nitrogen and oxygen atoms in total. The Bertz CT molecular complexity index is 319. The van der Waals surface area contributed by atoms with Crippen LogP contribution in [0, 0.1) is 0 Å². The summed E-state index contributed by atoms with van der Waals surface area (Å²) in [4.78, 5) is 2.42. The van der Waals surface area contributed by atoms with Gasteiger partial charge in [-0.05, 0) is 51.3 Å². The van der Waals surface area contributed by atoms with Gasteiger partial charge in [0.25, 0.3) is 0 Å². The van der Waals surface area contributed by atoms with Gasteiger partial charge in [-0.25, -0.2) is 0 Å². The molecule has 18 heavy (non-hydrogen) atoms. The number of aryl methyl sites for hydroxylation is 1. The highest BCUT2D eigenvalue weighted by Crippen LogP contribution is 2.13. The number of nitrogens with zero attached hydrogens (tertiary/aromatic N) is 1. The van der Waals surface area contributed by atoms with Crippen LogP contribution in [0.15, 0.2) is 30.3 Å². The van der Waals surface area contributed by atoms with E-state index in [1.807, 2.05) is 0 Å². The molecule has 1 saturated heterocycles. The maximum Gasteiger partial charge on any atom is 0.0701 e. The summed E-state index contributed by atoms with van der Waals surface area (Å²) in [6.45, 7) is 3.21. The minimum atomic E-state index is 0.473. The molecule has 1 unspecified atom stereocenters. The van der Waals surface area contributed by atoms with E-state index in [0.717, 1.165) is 19.7 Å². The summed E-state index contributed by atoms with van der Waals surface area (Å²) in [5, 5.41) is 0. The summed E-state index contributed by atoms with van der Waals surface area (Å²) < 4.78 is 5.77. The Balaban J connectivity index is 1.61. The third-order valence-electron chi connectivity index (χ3n) is 3.64. The first kappa shape index (κ1) is 13.6. The molecule has 1 atom stereocenters. The number of benzene rings is 1. The second kappa shape index (κ2) is 7.55. The van der Waals surface area contributed by atoms with Crippen molar-refractivity contribution in [2.75, 3.05) is 26.7 Å². The maximum atomic E-state index is 5.77. The predicted octanol–water partition coefficient (Wildman–Crippen LogP) is 3.12. The lowest BCUT2D eigenvalue weighted by Crippen LogP contribution is -2.34. The highest BCUT2D eigenvalue weighted by molar-refractivity contribution is 5.14. The Hall–Kier alpha value is -0.860. The molecule has 1 aromatic rings. The monoisotopic (exact) mass is 247 g/mol. The van der Waals surface area contributed by atoms with Crippen LogP contribution in [0.4, 0.5) is 0 Å². The fourth-order valence-electron chi connectivity index (χ4n) is 2.59. The van der Waals surface area contributed by atoms with Crippen molar-refractivity contribution in [2.45, 2.75) is 38.2 Å². The first-order valence-electron chi connectivity index (χ1n) is 7.18. The topological polar surface area (TPSA) is 12.5 Å². The molecule has 0 aliphatic carbocycles. The molecule has 1 aliphatic rings. The Morgan fingerprint density at radius 1 is 1.22 bits per heavy atom. The van der Waals surface area contributed by atoms with Gasteiger partial charge in [-0.3, -0.25) is 0 Å². The Morgan fingerprint density at radius 2 is 2.06 bits per heavy atom. The van der Waals surface area contributed by atoms with Gasteiger partial charge < -0.3 is 9.64 Å². The molecule has 1 fully saturated rings. The van der Waals surface area contributed by atoms with Gasteiger partial charge in [0, 0.05) is 13.2 Å². The van der Waals surface area contributed by atoms with Crippen LogP contribution in [0.5, 0.6) is 0 Å². The molecule has 0 saturated carbocycles. The van der Waals surface area contributed by atoms with Crippen LogP contribution in [0.25, 0.3) is 0 Å². The van der Waals surface area contributed by atoms with Crippen molar-refractivity contribution in [3.8, 4) is 0 Å². The van der Waals surface area contributed by atoms with Gasteiger partial charge >= 0.3 is 0 Å². The molecule has 1 aromatic carbocycles. The van der Waals surface area contributed by atoms with Gasteiger partial charge in [-0.1, -0.05) is 30.3 Å². The molecule has 0 N–H and O–H groups in total. The van der Waals surface area contributed by atoms with Gasteiger partial charge in [0.05, 0.1) is 6.10 Å². The second-order valence-corrected chi connectivity index (χ2v) is 5.34. The molecule has 0 bridgehead atoms. The molecule has 2 heteroatoms. The number of rotatable bonds is 6. The van der Waals surface area contributed by atoms with E-state index in [2.05, 4.69) is 42.3 Å². The lowest BCUT2D eigenvalue weighted by atomic mass is 10.1. The van der Waals surface area contributed by atoms with Crippen molar-refractivity contribution in [3.05, 3.63) is 35.9 Å². The van der Waals surface area contributed by atoms with Crippen LogP contribution < -0.4 is 0 Å². The molecular formula is C16H25NO.